The van der Waals surface area contributed by atoms with Crippen LogP contribution in [-0.2, 0) is 17.6 Å². The van der Waals surface area contributed by atoms with Crippen LogP contribution in [0.5, 0.6) is 5.75 Å². The molecule has 0 aromatic heterocycles. The molecule has 1 atom stereocenters. The largest absolute Gasteiger partial charge is 0.493 e. The third-order valence-corrected chi connectivity index (χ3v) is 5.35. The molecule has 4 rings (SSSR count). The minimum Gasteiger partial charge on any atom is -0.493 e. The minimum absolute atomic E-state index is 0.0723. The molecule has 1 unspecified atom stereocenters. The number of amides is 2. The van der Waals surface area contributed by atoms with E-state index in [-0.39, 0.29) is 17.7 Å². The Morgan fingerprint density at radius 1 is 1.19 bits per heavy atom. The van der Waals surface area contributed by atoms with Crippen LogP contribution < -0.4 is 15.0 Å². The Kier molecular flexibility index (Phi) is 4.84. The highest BCUT2D eigenvalue weighted by atomic mass is 16.5. The molecule has 2 heterocycles. The van der Waals surface area contributed by atoms with Gasteiger partial charge in [0.1, 0.15) is 5.75 Å². The van der Waals surface area contributed by atoms with Crippen molar-refractivity contribution in [2.75, 3.05) is 24.6 Å². The number of carbonyl (C=O) groups is 2. The van der Waals surface area contributed by atoms with Crippen molar-refractivity contribution in [2.24, 2.45) is 5.92 Å². The first-order valence-corrected chi connectivity index (χ1v) is 9.58. The Labute approximate surface area is 159 Å². The van der Waals surface area contributed by atoms with E-state index in [1.807, 2.05) is 48.2 Å². The summed E-state index contributed by atoms with van der Waals surface area (Å²) in [5, 5.41) is 3.04. The average Bonchev–Trinajstić information content (AvgIpc) is 3.14. The monoisotopic (exact) mass is 364 g/mol. The van der Waals surface area contributed by atoms with Crippen LogP contribution in [0.1, 0.15) is 34.8 Å². The molecule has 0 bridgehead atoms. The van der Waals surface area contributed by atoms with Gasteiger partial charge in [0.05, 0.1) is 6.61 Å². The smallest absolute Gasteiger partial charge is 0.251 e. The maximum Gasteiger partial charge on any atom is 0.251 e. The predicted octanol–water partition coefficient (Wildman–Crippen LogP) is 2.97. The Bertz CT molecular complexity index is 878. The molecule has 5 heteroatoms. The third-order valence-electron chi connectivity index (χ3n) is 5.35. The van der Waals surface area contributed by atoms with Crippen molar-refractivity contribution < 1.29 is 14.3 Å². The van der Waals surface area contributed by atoms with Crippen molar-refractivity contribution in [3.63, 3.8) is 0 Å². The summed E-state index contributed by atoms with van der Waals surface area (Å²) in [5.41, 5.74) is 3.85. The molecule has 0 saturated heterocycles. The highest BCUT2D eigenvalue weighted by Gasteiger charge is 2.25. The molecular formula is C22H24N2O3. The van der Waals surface area contributed by atoms with Gasteiger partial charge in [0, 0.05) is 36.7 Å². The quantitative estimate of drug-likeness (QED) is 0.907. The van der Waals surface area contributed by atoms with Gasteiger partial charge in [-0.3, -0.25) is 9.59 Å². The van der Waals surface area contributed by atoms with Gasteiger partial charge in [-0.15, -0.1) is 0 Å². The lowest BCUT2D eigenvalue weighted by atomic mass is 9.96. The number of rotatable bonds is 4. The van der Waals surface area contributed by atoms with Crippen LogP contribution >= 0.6 is 0 Å². The lowest BCUT2D eigenvalue weighted by molar-refractivity contribution is -0.118. The summed E-state index contributed by atoms with van der Waals surface area (Å²) < 4.78 is 5.79. The number of nitrogens with one attached hydrogen (secondary N) is 1. The SMILES string of the molecule is CCC(=O)N1CCc2cc(C(=O)NCC3COc4ccccc4C3)ccc21. The van der Waals surface area contributed by atoms with E-state index < -0.39 is 0 Å². The zero-order valence-corrected chi connectivity index (χ0v) is 15.5. The molecule has 27 heavy (non-hydrogen) atoms. The standard InChI is InChI=1S/C22H24N2O3/c1-2-21(25)24-10-9-16-12-18(7-8-19(16)24)22(26)23-13-15-11-17-5-3-4-6-20(17)27-14-15/h3-8,12,15H,2,9-11,13-14H2,1H3,(H,23,26). The Balaban J connectivity index is 1.38. The summed E-state index contributed by atoms with van der Waals surface area (Å²) in [6, 6.07) is 13.7. The van der Waals surface area contributed by atoms with Gasteiger partial charge in [-0.05, 0) is 48.2 Å². The lowest BCUT2D eigenvalue weighted by Crippen LogP contribution is -2.34. The van der Waals surface area contributed by atoms with E-state index in [9.17, 15) is 9.59 Å². The predicted molar refractivity (Wildman–Crippen MR) is 104 cm³/mol. The van der Waals surface area contributed by atoms with Gasteiger partial charge in [0.15, 0.2) is 0 Å². The Morgan fingerprint density at radius 2 is 2.04 bits per heavy atom. The number of benzene rings is 2. The number of anilines is 1. The fourth-order valence-corrected chi connectivity index (χ4v) is 3.85. The van der Waals surface area contributed by atoms with Crippen LogP contribution in [0.25, 0.3) is 0 Å². The van der Waals surface area contributed by atoms with Gasteiger partial charge in [-0.25, -0.2) is 0 Å². The van der Waals surface area contributed by atoms with Gasteiger partial charge in [-0.2, -0.15) is 0 Å². The van der Waals surface area contributed by atoms with Crippen molar-refractivity contribution >= 4 is 17.5 Å². The van der Waals surface area contributed by atoms with Crippen LogP contribution in [0.4, 0.5) is 5.69 Å². The fourth-order valence-electron chi connectivity index (χ4n) is 3.85. The van der Waals surface area contributed by atoms with E-state index in [0.717, 1.165) is 29.8 Å². The van der Waals surface area contributed by atoms with E-state index in [4.69, 9.17) is 4.74 Å². The summed E-state index contributed by atoms with van der Waals surface area (Å²) in [6.45, 7) is 3.78. The molecule has 2 aliphatic heterocycles. The number of hydrogen-bond acceptors (Lipinski definition) is 3. The number of fused-ring (bicyclic) bond motifs is 2. The van der Waals surface area contributed by atoms with Gasteiger partial charge < -0.3 is 15.0 Å². The number of ether oxygens (including phenoxy) is 1. The summed E-state index contributed by atoms with van der Waals surface area (Å²) >= 11 is 0. The van der Waals surface area contributed by atoms with Gasteiger partial charge >= 0.3 is 0 Å². The summed E-state index contributed by atoms with van der Waals surface area (Å²) in [4.78, 5) is 26.4. The Hall–Kier alpha value is -2.82. The first kappa shape index (κ1) is 17.6. The molecular weight excluding hydrogens is 340 g/mol. The Morgan fingerprint density at radius 3 is 2.89 bits per heavy atom. The van der Waals surface area contributed by atoms with Gasteiger partial charge in [-0.1, -0.05) is 25.1 Å². The number of hydrogen-bond donors (Lipinski definition) is 1. The third kappa shape index (κ3) is 3.54. The van der Waals surface area contributed by atoms with Crippen LogP contribution in [0.3, 0.4) is 0 Å². The number of nitrogens with zero attached hydrogens (tertiary/aromatic N) is 1. The molecule has 2 aromatic rings. The first-order chi connectivity index (χ1) is 13.2. The maximum absolute atomic E-state index is 12.6. The summed E-state index contributed by atoms with van der Waals surface area (Å²) in [5.74, 6) is 1.28. The minimum atomic E-state index is -0.0723. The van der Waals surface area contributed by atoms with E-state index in [1.165, 1.54) is 5.56 Å². The van der Waals surface area contributed by atoms with Crippen LogP contribution in [0, 0.1) is 5.92 Å². The van der Waals surface area contributed by atoms with Crippen LogP contribution in [-0.4, -0.2) is 31.5 Å². The van der Waals surface area contributed by atoms with Crippen molar-refractivity contribution in [3.05, 3.63) is 59.2 Å². The first-order valence-electron chi connectivity index (χ1n) is 9.58. The molecule has 0 saturated carbocycles. The van der Waals surface area contributed by atoms with E-state index in [0.29, 0.717) is 31.7 Å². The van der Waals surface area contributed by atoms with Crippen LogP contribution in [0.2, 0.25) is 0 Å². The zero-order valence-electron chi connectivity index (χ0n) is 15.5. The molecule has 2 aliphatic rings. The second kappa shape index (κ2) is 7.43. The molecule has 2 amide bonds. The zero-order chi connectivity index (χ0) is 18.8. The fraction of sp³-hybridized carbons (Fsp3) is 0.364. The van der Waals surface area contributed by atoms with Crippen molar-refractivity contribution in [3.8, 4) is 5.75 Å². The molecule has 2 aromatic carbocycles. The lowest BCUT2D eigenvalue weighted by Gasteiger charge is -2.25. The molecule has 0 spiro atoms. The summed E-state index contributed by atoms with van der Waals surface area (Å²) in [6.07, 6.45) is 2.21. The van der Waals surface area contributed by atoms with Crippen molar-refractivity contribution in [1.82, 2.24) is 5.32 Å². The summed E-state index contributed by atoms with van der Waals surface area (Å²) in [7, 11) is 0. The highest BCUT2D eigenvalue weighted by molar-refractivity contribution is 5.98. The topological polar surface area (TPSA) is 58.6 Å². The molecule has 0 radical (unpaired) electrons. The molecule has 140 valence electrons. The van der Waals surface area contributed by atoms with E-state index in [1.54, 1.807) is 0 Å². The second-order valence-corrected chi connectivity index (χ2v) is 7.19. The number of carbonyl (C=O) groups excluding carboxylic acids is 2. The van der Waals surface area contributed by atoms with Gasteiger partial charge in [0.25, 0.3) is 5.91 Å². The maximum atomic E-state index is 12.6. The normalized spacial score (nSPS) is 17.7. The molecule has 0 fully saturated rings. The number of para-hydroxylation sites is 1. The van der Waals surface area contributed by atoms with E-state index in [2.05, 4.69) is 11.4 Å². The molecule has 0 aliphatic carbocycles. The van der Waals surface area contributed by atoms with Crippen molar-refractivity contribution in [1.29, 1.82) is 0 Å². The second-order valence-electron chi connectivity index (χ2n) is 7.19. The van der Waals surface area contributed by atoms with Crippen molar-refractivity contribution in [2.45, 2.75) is 26.2 Å². The average molecular weight is 364 g/mol. The van der Waals surface area contributed by atoms with E-state index >= 15 is 0 Å². The molecule has 1 N–H and O–H groups in total. The highest BCUT2D eigenvalue weighted by Crippen LogP contribution is 2.30. The van der Waals surface area contributed by atoms with Gasteiger partial charge in [0.2, 0.25) is 5.91 Å². The van der Waals surface area contributed by atoms with Crippen LogP contribution in [0.15, 0.2) is 42.5 Å². The molecule has 5 nitrogen and oxygen atoms in total.